The second-order valence-corrected chi connectivity index (χ2v) is 2.88. The zero-order valence-corrected chi connectivity index (χ0v) is 8.09. The van der Waals surface area contributed by atoms with Gasteiger partial charge in [0, 0.05) is 7.05 Å². The molecule has 1 rings (SSSR count). The maximum Gasteiger partial charge on any atom is 0.394 e. The van der Waals surface area contributed by atoms with Gasteiger partial charge in [0.15, 0.2) is 10.6 Å². The maximum absolute atomic E-state index is 10.7. The van der Waals surface area contributed by atoms with Crippen LogP contribution in [0.3, 0.4) is 0 Å². The Labute approximate surface area is 83.7 Å². The number of carboxylic acid groups (broad SMARTS) is 1. The zero-order chi connectivity index (χ0) is 10.7. The number of nitrogens with zero attached hydrogens (tertiary/aromatic N) is 2. The predicted molar refractivity (Wildman–Crippen MR) is 47.9 cm³/mol. The molecule has 3 N–H and O–H groups in total. The van der Waals surface area contributed by atoms with Crippen molar-refractivity contribution in [3.8, 4) is 0 Å². The molecule has 0 aliphatic carbocycles. The van der Waals surface area contributed by atoms with Crippen LogP contribution in [-0.4, -0.2) is 31.7 Å². The van der Waals surface area contributed by atoms with Crippen molar-refractivity contribution in [2.24, 2.45) is 7.05 Å². The Balaban J connectivity index is 2.63. The molecule has 0 unspecified atom stereocenters. The molecule has 0 saturated heterocycles. The van der Waals surface area contributed by atoms with E-state index in [-0.39, 0.29) is 6.54 Å². The molecular formula is C6H8N4O3S. The molecule has 8 heteroatoms. The lowest BCUT2D eigenvalue weighted by Crippen LogP contribution is -2.31. The number of carboxylic acids is 1. The van der Waals surface area contributed by atoms with Crippen LogP contribution in [0.4, 0.5) is 0 Å². The summed E-state index contributed by atoms with van der Waals surface area (Å²) in [5.74, 6) is -2.13. The normalized spacial score (nSPS) is 9.79. The van der Waals surface area contributed by atoms with Crippen LogP contribution < -0.4 is 5.32 Å². The number of aromatic nitrogens is 3. The zero-order valence-electron chi connectivity index (χ0n) is 7.27. The third-order valence-corrected chi connectivity index (χ3v) is 1.94. The Morgan fingerprint density at radius 2 is 2.36 bits per heavy atom. The van der Waals surface area contributed by atoms with Crippen LogP contribution in [-0.2, 0) is 23.2 Å². The van der Waals surface area contributed by atoms with Gasteiger partial charge in [-0.1, -0.05) is 0 Å². The summed E-state index contributed by atoms with van der Waals surface area (Å²) in [5.41, 5.74) is 0. The molecule has 0 aliphatic heterocycles. The van der Waals surface area contributed by atoms with Crippen molar-refractivity contribution in [1.29, 1.82) is 0 Å². The molecule has 0 atom stereocenters. The third-order valence-electron chi connectivity index (χ3n) is 1.57. The molecule has 1 amide bonds. The number of aliphatic carboxylic acids is 1. The van der Waals surface area contributed by atoms with E-state index < -0.39 is 11.9 Å². The van der Waals surface area contributed by atoms with E-state index >= 15 is 0 Å². The summed E-state index contributed by atoms with van der Waals surface area (Å²) >= 11 is 4.82. The van der Waals surface area contributed by atoms with E-state index in [4.69, 9.17) is 17.3 Å². The minimum absolute atomic E-state index is 0.0226. The summed E-state index contributed by atoms with van der Waals surface area (Å²) in [6.07, 6.45) is 0. The Kier molecular flexibility index (Phi) is 2.97. The largest absolute Gasteiger partial charge is 0.474 e. The van der Waals surface area contributed by atoms with E-state index in [9.17, 15) is 9.59 Å². The van der Waals surface area contributed by atoms with Gasteiger partial charge in [0.1, 0.15) is 0 Å². The molecule has 0 fully saturated rings. The summed E-state index contributed by atoms with van der Waals surface area (Å²) < 4.78 is 1.95. The van der Waals surface area contributed by atoms with Crippen molar-refractivity contribution in [2.75, 3.05) is 0 Å². The summed E-state index contributed by atoms with van der Waals surface area (Å²) in [7, 11) is 1.66. The number of carbonyl (C=O) groups is 2. The van der Waals surface area contributed by atoms with Gasteiger partial charge in [0.05, 0.1) is 6.54 Å². The smallest absolute Gasteiger partial charge is 0.394 e. The van der Waals surface area contributed by atoms with Crippen LogP contribution in [0.15, 0.2) is 0 Å². The quantitative estimate of drug-likeness (QED) is 0.443. The van der Waals surface area contributed by atoms with Crippen molar-refractivity contribution in [3.05, 3.63) is 10.6 Å². The first-order valence-electron chi connectivity index (χ1n) is 3.63. The Morgan fingerprint density at radius 3 is 2.79 bits per heavy atom. The molecule has 0 aromatic carbocycles. The molecule has 1 aromatic heterocycles. The van der Waals surface area contributed by atoms with Gasteiger partial charge in [0.25, 0.3) is 0 Å². The minimum Gasteiger partial charge on any atom is -0.474 e. The van der Waals surface area contributed by atoms with Crippen molar-refractivity contribution in [2.45, 2.75) is 6.54 Å². The molecule has 1 heterocycles. The summed E-state index contributed by atoms with van der Waals surface area (Å²) in [4.78, 5) is 20.8. The van der Waals surface area contributed by atoms with Gasteiger partial charge in [-0.25, -0.2) is 4.79 Å². The number of hydrogen-bond donors (Lipinski definition) is 3. The molecule has 0 spiro atoms. The lowest BCUT2D eigenvalue weighted by molar-refractivity contribution is -0.150. The van der Waals surface area contributed by atoms with E-state index in [1.165, 1.54) is 4.57 Å². The van der Waals surface area contributed by atoms with E-state index in [2.05, 4.69) is 15.5 Å². The number of rotatable bonds is 2. The van der Waals surface area contributed by atoms with Gasteiger partial charge in [-0.2, -0.15) is 5.10 Å². The third kappa shape index (κ3) is 2.16. The fraction of sp³-hybridized carbons (Fsp3) is 0.333. The van der Waals surface area contributed by atoms with Crippen LogP contribution in [0.5, 0.6) is 0 Å². The van der Waals surface area contributed by atoms with Crippen LogP contribution in [0.2, 0.25) is 0 Å². The minimum atomic E-state index is -1.53. The summed E-state index contributed by atoms with van der Waals surface area (Å²) in [6, 6.07) is 0. The van der Waals surface area contributed by atoms with Crippen LogP contribution in [0.25, 0.3) is 0 Å². The van der Waals surface area contributed by atoms with Crippen molar-refractivity contribution < 1.29 is 14.7 Å². The second-order valence-electron chi connectivity index (χ2n) is 2.49. The topological polar surface area (TPSA) is 100 Å². The maximum atomic E-state index is 10.7. The fourth-order valence-corrected chi connectivity index (χ4v) is 0.924. The molecule has 0 aliphatic rings. The molecule has 14 heavy (non-hydrogen) atoms. The van der Waals surface area contributed by atoms with Gasteiger partial charge >= 0.3 is 11.9 Å². The highest BCUT2D eigenvalue weighted by Crippen LogP contribution is 1.92. The Bertz CT molecular complexity index is 421. The predicted octanol–water partition coefficient (Wildman–Crippen LogP) is -0.822. The Morgan fingerprint density at radius 1 is 1.71 bits per heavy atom. The standard InChI is InChI=1S/C6H8N4O3S/c1-10-3(8-9-6(10)14)2-7-4(11)5(12)13/h2H2,1H3,(H,7,11)(H,9,14)(H,12,13). The number of nitrogens with one attached hydrogen (secondary N) is 2. The van der Waals surface area contributed by atoms with E-state index in [0.29, 0.717) is 10.6 Å². The number of aromatic amines is 1. The van der Waals surface area contributed by atoms with Crippen LogP contribution in [0, 0.1) is 4.77 Å². The van der Waals surface area contributed by atoms with E-state index in [1.54, 1.807) is 7.05 Å². The van der Waals surface area contributed by atoms with E-state index in [1.807, 2.05) is 0 Å². The summed E-state index contributed by atoms with van der Waals surface area (Å²) in [6.45, 7) is 0.0226. The molecular weight excluding hydrogens is 208 g/mol. The highest BCUT2D eigenvalue weighted by molar-refractivity contribution is 7.71. The SMILES string of the molecule is Cn1c(CNC(=O)C(=O)O)n[nH]c1=S. The van der Waals surface area contributed by atoms with Gasteiger partial charge in [-0.3, -0.25) is 9.89 Å². The number of carbonyl (C=O) groups excluding carboxylic acids is 1. The highest BCUT2D eigenvalue weighted by Gasteiger charge is 2.11. The second kappa shape index (κ2) is 4.01. The molecule has 0 radical (unpaired) electrons. The first-order valence-corrected chi connectivity index (χ1v) is 4.04. The molecule has 0 saturated carbocycles. The van der Waals surface area contributed by atoms with Gasteiger partial charge in [0.2, 0.25) is 0 Å². The number of hydrogen-bond acceptors (Lipinski definition) is 4. The molecule has 76 valence electrons. The molecule has 7 nitrogen and oxygen atoms in total. The van der Waals surface area contributed by atoms with Gasteiger partial charge in [-0.15, -0.1) is 0 Å². The van der Waals surface area contributed by atoms with Gasteiger partial charge < -0.3 is 15.0 Å². The number of amides is 1. The Hall–Kier alpha value is -1.70. The lowest BCUT2D eigenvalue weighted by Gasteiger charge is -2.00. The lowest BCUT2D eigenvalue weighted by atomic mass is 10.5. The fourth-order valence-electron chi connectivity index (χ4n) is 0.773. The van der Waals surface area contributed by atoms with Crippen molar-refractivity contribution in [3.63, 3.8) is 0 Å². The monoisotopic (exact) mass is 216 g/mol. The summed E-state index contributed by atoms with van der Waals surface area (Å²) in [5, 5.41) is 16.7. The van der Waals surface area contributed by atoms with Crippen molar-refractivity contribution in [1.82, 2.24) is 20.1 Å². The van der Waals surface area contributed by atoms with E-state index in [0.717, 1.165) is 0 Å². The molecule has 1 aromatic rings. The molecule has 0 bridgehead atoms. The average molecular weight is 216 g/mol. The van der Waals surface area contributed by atoms with Gasteiger partial charge in [-0.05, 0) is 12.2 Å². The first-order chi connectivity index (χ1) is 6.52. The van der Waals surface area contributed by atoms with Crippen LogP contribution >= 0.6 is 12.2 Å². The number of H-pyrrole nitrogens is 1. The highest BCUT2D eigenvalue weighted by atomic mass is 32.1. The average Bonchev–Trinajstić information content (AvgIpc) is 2.44. The van der Waals surface area contributed by atoms with Crippen molar-refractivity contribution >= 4 is 24.1 Å². The van der Waals surface area contributed by atoms with Crippen LogP contribution in [0.1, 0.15) is 5.82 Å². The first kappa shape index (κ1) is 10.4.